The molecule has 9 heteroatoms. The van der Waals surface area contributed by atoms with Gasteiger partial charge < -0.3 is 9.64 Å². The number of hydrogen-bond donors (Lipinski definition) is 0. The minimum absolute atomic E-state index is 0.0945. The first-order valence-corrected chi connectivity index (χ1v) is 11.2. The normalized spacial score (nSPS) is 16.2. The van der Waals surface area contributed by atoms with Gasteiger partial charge in [-0.05, 0) is 67.4 Å². The van der Waals surface area contributed by atoms with Crippen molar-refractivity contribution in [2.24, 2.45) is 0 Å². The average molecular weight is 456 g/mol. The highest BCUT2D eigenvalue weighted by molar-refractivity contribution is 6.33. The number of halogens is 1. The van der Waals surface area contributed by atoms with Crippen molar-refractivity contribution in [3.05, 3.63) is 58.5 Å². The van der Waals surface area contributed by atoms with Crippen LogP contribution in [0.4, 0.5) is 5.82 Å². The van der Waals surface area contributed by atoms with Gasteiger partial charge in [-0.1, -0.05) is 23.7 Å². The summed E-state index contributed by atoms with van der Waals surface area (Å²) in [6, 6.07) is 10.0. The minimum Gasteiger partial charge on any atom is -0.497 e. The molecule has 0 saturated carbocycles. The van der Waals surface area contributed by atoms with Gasteiger partial charge in [0.1, 0.15) is 11.6 Å². The molecule has 0 spiro atoms. The summed E-state index contributed by atoms with van der Waals surface area (Å²) in [6.07, 6.45) is 1.87. The Morgan fingerprint density at radius 1 is 1.09 bits per heavy atom. The Kier molecular flexibility index (Phi) is 6.35. The molecule has 0 amide bonds. The van der Waals surface area contributed by atoms with E-state index in [4.69, 9.17) is 16.3 Å². The summed E-state index contributed by atoms with van der Waals surface area (Å²) >= 11 is 6.48. The van der Waals surface area contributed by atoms with Crippen LogP contribution in [-0.2, 0) is 5.54 Å². The zero-order valence-electron chi connectivity index (χ0n) is 19.3. The lowest BCUT2D eigenvalue weighted by atomic mass is 10.0. The van der Waals surface area contributed by atoms with Crippen molar-refractivity contribution in [1.82, 2.24) is 30.1 Å². The quantitative estimate of drug-likeness (QED) is 0.580. The van der Waals surface area contributed by atoms with Crippen molar-refractivity contribution >= 4 is 17.4 Å². The second-order valence-electron chi connectivity index (χ2n) is 9.14. The number of aryl methyl sites for hydroxylation is 1. The third-order valence-corrected chi connectivity index (χ3v) is 6.00. The standard InChI is InChI=1S/C23H30ClN7O/c1-16-13-19(24)21(25-15-16)30-11-9-29(10-12-30)20(17-7-6-8-18(14-17)32-5)22-26-27-28-31(22)23(2,3)4/h6-8,13-15,20H,9-12H2,1-5H3. The molecule has 0 aliphatic carbocycles. The molecule has 3 heterocycles. The van der Waals surface area contributed by atoms with Crippen molar-refractivity contribution in [3.8, 4) is 5.75 Å². The summed E-state index contributed by atoms with van der Waals surface area (Å²) in [5.74, 6) is 2.48. The third kappa shape index (κ3) is 4.56. The van der Waals surface area contributed by atoms with Gasteiger partial charge in [0.05, 0.1) is 23.7 Å². The van der Waals surface area contributed by atoms with E-state index >= 15 is 0 Å². The highest BCUT2D eigenvalue weighted by Crippen LogP contribution is 2.33. The zero-order valence-corrected chi connectivity index (χ0v) is 20.0. The van der Waals surface area contributed by atoms with Crippen LogP contribution in [-0.4, -0.2) is 63.4 Å². The number of rotatable bonds is 5. The molecule has 0 radical (unpaired) electrons. The lowest BCUT2D eigenvalue weighted by Gasteiger charge is -2.40. The molecule has 1 atom stereocenters. The van der Waals surface area contributed by atoms with Crippen LogP contribution in [0.25, 0.3) is 0 Å². The van der Waals surface area contributed by atoms with Crippen LogP contribution < -0.4 is 9.64 Å². The summed E-state index contributed by atoms with van der Waals surface area (Å²) in [4.78, 5) is 9.23. The molecule has 3 aromatic rings. The molecule has 8 nitrogen and oxygen atoms in total. The largest absolute Gasteiger partial charge is 0.497 e. The Morgan fingerprint density at radius 2 is 1.84 bits per heavy atom. The maximum Gasteiger partial charge on any atom is 0.173 e. The molecule has 1 aliphatic rings. The number of methoxy groups -OCH3 is 1. The fourth-order valence-electron chi connectivity index (χ4n) is 4.13. The minimum atomic E-state index is -0.239. The molecule has 1 aliphatic heterocycles. The van der Waals surface area contributed by atoms with Gasteiger partial charge >= 0.3 is 0 Å². The van der Waals surface area contributed by atoms with Crippen LogP contribution in [0, 0.1) is 6.92 Å². The predicted molar refractivity (Wildman–Crippen MR) is 125 cm³/mol. The van der Waals surface area contributed by atoms with E-state index < -0.39 is 0 Å². The maximum atomic E-state index is 6.48. The van der Waals surface area contributed by atoms with Crippen LogP contribution in [0.5, 0.6) is 5.75 Å². The molecule has 1 unspecified atom stereocenters. The highest BCUT2D eigenvalue weighted by Gasteiger charge is 2.33. The van der Waals surface area contributed by atoms with Gasteiger partial charge in [-0.3, -0.25) is 4.90 Å². The van der Waals surface area contributed by atoms with Crippen molar-refractivity contribution in [2.75, 3.05) is 38.2 Å². The Labute approximate surface area is 194 Å². The Bertz CT molecular complexity index is 1070. The molecule has 1 fully saturated rings. The van der Waals surface area contributed by atoms with Gasteiger partial charge in [0.15, 0.2) is 5.82 Å². The smallest absolute Gasteiger partial charge is 0.173 e. The number of hydrogen-bond acceptors (Lipinski definition) is 7. The van der Waals surface area contributed by atoms with Crippen molar-refractivity contribution in [1.29, 1.82) is 0 Å². The molecule has 1 saturated heterocycles. The van der Waals surface area contributed by atoms with E-state index in [2.05, 4.69) is 63.2 Å². The van der Waals surface area contributed by atoms with Crippen LogP contribution in [0.2, 0.25) is 5.02 Å². The van der Waals surface area contributed by atoms with Crippen LogP contribution in [0.1, 0.15) is 43.8 Å². The summed E-state index contributed by atoms with van der Waals surface area (Å²) in [6.45, 7) is 11.6. The Balaban J connectivity index is 1.65. The molecule has 2 aromatic heterocycles. The number of nitrogens with zero attached hydrogens (tertiary/aromatic N) is 7. The summed E-state index contributed by atoms with van der Waals surface area (Å²) < 4.78 is 7.42. The number of piperazine rings is 1. The molecule has 32 heavy (non-hydrogen) atoms. The highest BCUT2D eigenvalue weighted by atomic mass is 35.5. The van der Waals surface area contributed by atoms with Crippen LogP contribution in [0.3, 0.4) is 0 Å². The van der Waals surface area contributed by atoms with E-state index in [1.54, 1.807) is 7.11 Å². The number of aromatic nitrogens is 5. The number of tetrazole rings is 1. The molecule has 0 N–H and O–H groups in total. The molecular weight excluding hydrogens is 426 g/mol. The number of benzene rings is 1. The van der Waals surface area contributed by atoms with E-state index in [0.717, 1.165) is 54.7 Å². The van der Waals surface area contributed by atoms with Gasteiger partial charge in [-0.15, -0.1) is 5.10 Å². The number of anilines is 1. The van der Waals surface area contributed by atoms with E-state index in [1.165, 1.54) is 0 Å². The third-order valence-electron chi connectivity index (χ3n) is 5.72. The number of ether oxygens (including phenoxy) is 1. The van der Waals surface area contributed by atoms with Crippen LogP contribution in [0.15, 0.2) is 36.5 Å². The van der Waals surface area contributed by atoms with Crippen LogP contribution >= 0.6 is 11.6 Å². The first kappa shape index (κ1) is 22.5. The first-order chi connectivity index (χ1) is 15.3. The van der Waals surface area contributed by atoms with Crippen molar-refractivity contribution < 1.29 is 4.74 Å². The van der Waals surface area contributed by atoms with Gasteiger partial charge in [-0.25, -0.2) is 9.67 Å². The van der Waals surface area contributed by atoms with Gasteiger partial charge in [0.2, 0.25) is 0 Å². The molecule has 170 valence electrons. The predicted octanol–water partition coefficient (Wildman–Crippen LogP) is 3.71. The second-order valence-corrected chi connectivity index (χ2v) is 9.55. The summed E-state index contributed by atoms with van der Waals surface area (Å²) in [5.41, 5.74) is 1.92. The monoisotopic (exact) mass is 455 g/mol. The molecule has 4 rings (SSSR count). The molecule has 0 bridgehead atoms. The summed E-state index contributed by atoms with van der Waals surface area (Å²) in [7, 11) is 1.68. The van der Waals surface area contributed by atoms with E-state index in [1.807, 2.05) is 36.0 Å². The topological polar surface area (TPSA) is 72.2 Å². The van der Waals surface area contributed by atoms with Gasteiger partial charge in [0.25, 0.3) is 0 Å². The second kappa shape index (κ2) is 9.03. The van der Waals surface area contributed by atoms with E-state index in [-0.39, 0.29) is 11.6 Å². The first-order valence-electron chi connectivity index (χ1n) is 10.8. The number of pyridine rings is 1. The van der Waals surface area contributed by atoms with E-state index in [9.17, 15) is 0 Å². The molecular formula is C23H30ClN7O. The lowest BCUT2D eigenvalue weighted by Crippen LogP contribution is -2.49. The van der Waals surface area contributed by atoms with Crippen molar-refractivity contribution in [2.45, 2.75) is 39.3 Å². The van der Waals surface area contributed by atoms with E-state index in [0.29, 0.717) is 5.02 Å². The average Bonchev–Trinajstić information content (AvgIpc) is 3.25. The SMILES string of the molecule is COc1cccc(C(c2nnnn2C(C)(C)C)N2CCN(c3ncc(C)cc3Cl)CC2)c1. The maximum absolute atomic E-state index is 6.48. The van der Waals surface area contributed by atoms with Gasteiger partial charge in [0, 0.05) is 32.4 Å². The fourth-order valence-corrected chi connectivity index (χ4v) is 4.47. The fraction of sp³-hybridized carbons (Fsp3) is 0.478. The zero-order chi connectivity index (χ0) is 22.9. The van der Waals surface area contributed by atoms with Gasteiger partial charge in [-0.2, -0.15) is 0 Å². The van der Waals surface area contributed by atoms with Crippen molar-refractivity contribution in [3.63, 3.8) is 0 Å². The Hall–Kier alpha value is -2.71. The molecule has 1 aromatic carbocycles. The Morgan fingerprint density at radius 3 is 2.50 bits per heavy atom. The lowest BCUT2D eigenvalue weighted by molar-refractivity contribution is 0.191. The summed E-state index contributed by atoms with van der Waals surface area (Å²) in [5, 5.41) is 13.5.